The first kappa shape index (κ1) is 35.6. The molecule has 4 saturated heterocycles. The van der Waals surface area contributed by atoms with E-state index < -0.39 is 0 Å². The van der Waals surface area contributed by atoms with E-state index in [2.05, 4.69) is 83.4 Å². The first-order valence-corrected chi connectivity index (χ1v) is 20.7. The highest BCUT2D eigenvalue weighted by molar-refractivity contribution is 6.10. The quantitative estimate of drug-likeness (QED) is 0.163. The molecule has 4 aliphatic heterocycles. The number of likely N-dealkylation sites (tertiary alicyclic amines) is 1. The van der Waals surface area contributed by atoms with Gasteiger partial charge in [-0.2, -0.15) is 5.26 Å². The third kappa shape index (κ3) is 5.51. The highest BCUT2D eigenvalue weighted by atomic mass is 19.1. The number of rotatable bonds is 7. The van der Waals surface area contributed by atoms with E-state index in [1.807, 2.05) is 36.1 Å². The van der Waals surface area contributed by atoms with Crippen LogP contribution in [-0.4, -0.2) is 83.3 Å². The Labute approximate surface area is 335 Å². The van der Waals surface area contributed by atoms with Gasteiger partial charge in [0.05, 0.1) is 41.7 Å². The molecular formula is C48H45FN6O3. The van der Waals surface area contributed by atoms with Gasteiger partial charge in [0.1, 0.15) is 18.2 Å². The lowest BCUT2D eigenvalue weighted by Gasteiger charge is -2.38. The van der Waals surface area contributed by atoms with Crippen molar-refractivity contribution in [2.75, 3.05) is 39.9 Å². The van der Waals surface area contributed by atoms with E-state index in [9.17, 15) is 10.1 Å². The zero-order chi connectivity index (χ0) is 39.4. The Kier molecular flexibility index (Phi) is 8.27. The SMILES string of the molecule is Cc1cc2c(nc(O[C@@H](C)[C@@H]3CCCN3C)c3cc(CN4CCOCC4=O)n([C@H]4[C@H]5CN[C@@H]4C5)c32)c(F)c1-c1ccc2cc3cc4c(C#N)cccc4cc3cc2c1. The molecule has 2 bridgehead atoms. The Morgan fingerprint density at radius 3 is 2.60 bits per heavy atom. The number of likely N-dealkylation sites (N-methyl/N-ethyl adjacent to an activating group) is 1. The van der Waals surface area contributed by atoms with Gasteiger partial charge in [0.25, 0.3) is 0 Å². The summed E-state index contributed by atoms with van der Waals surface area (Å²) in [6, 6.07) is 27.8. The number of aromatic nitrogens is 2. The van der Waals surface area contributed by atoms with E-state index in [-0.39, 0.29) is 36.5 Å². The number of nitrogens with one attached hydrogen (secondary N) is 1. The number of hydrogen-bond acceptors (Lipinski definition) is 7. The number of pyridine rings is 1. The summed E-state index contributed by atoms with van der Waals surface area (Å²) in [4.78, 5) is 22.4. The van der Waals surface area contributed by atoms with Crippen LogP contribution in [0, 0.1) is 30.0 Å². The number of carbonyl (C=O) groups excluding carboxylic acids is 1. The van der Waals surface area contributed by atoms with Crippen LogP contribution in [0.15, 0.2) is 72.8 Å². The van der Waals surface area contributed by atoms with Gasteiger partial charge >= 0.3 is 0 Å². The third-order valence-corrected chi connectivity index (χ3v) is 13.7. The summed E-state index contributed by atoms with van der Waals surface area (Å²) >= 11 is 0. The van der Waals surface area contributed by atoms with Gasteiger partial charge in [-0.05, 0) is 139 Å². The maximum atomic E-state index is 17.7. The number of nitriles is 1. The van der Waals surface area contributed by atoms with Crippen LogP contribution in [0.3, 0.4) is 0 Å². The number of hydrogen-bond donors (Lipinski definition) is 1. The van der Waals surface area contributed by atoms with Gasteiger partial charge in [-0.1, -0.05) is 24.3 Å². The van der Waals surface area contributed by atoms with Crippen molar-refractivity contribution in [3.63, 3.8) is 0 Å². The first-order chi connectivity index (χ1) is 28.2. The van der Waals surface area contributed by atoms with Crippen LogP contribution in [0.25, 0.3) is 65.3 Å². The van der Waals surface area contributed by atoms with E-state index in [0.717, 1.165) is 97.8 Å². The van der Waals surface area contributed by atoms with Gasteiger partial charge < -0.3 is 24.3 Å². The summed E-state index contributed by atoms with van der Waals surface area (Å²) in [5.74, 6) is 0.499. The molecule has 7 aromatic rings. The second kappa shape index (κ2) is 13.5. The molecule has 5 fully saturated rings. The highest BCUT2D eigenvalue weighted by Gasteiger charge is 2.49. The number of amides is 1. The number of carbonyl (C=O) groups is 1. The predicted molar refractivity (Wildman–Crippen MR) is 226 cm³/mol. The molecule has 292 valence electrons. The Balaban J connectivity index is 1.10. The molecule has 10 heteroatoms. The zero-order valence-electron chi connectivity index (χ0n) is 33.0. The average molecular weight is 773 g/mol. The maximum absolute atomic E-state index is 17.7. The molecule has 5 aliphatic rings. The zero-order valence-corrected chi connectivity index (χ0v) is 33.0. The van der Waals surface area contributed by atoms with E-state index in [4.69, 9.17) is 14.5 Å². The van der Waals surface area contributed by atoms with Gasteiger partial charge in [-0.15, -0.1) is 0 Å². The summed E-state index contributed by atoms with van der Waals surface area (Å²) in [6.45, 7) is 7.61. The summed E-state index contributed by atoms with van der Waals surface area (Å²) in [5, 5.41) is 21.2. The lowest BCUT2D eigenvalue weighted by molar-refractivity contribution is -0.143. The molecule has 12 rings (SSSR count). The lowest BCUT2D eigenvalue weighted by Crippen LogP contribution is -2.43. The van der Waals surface area contributed by atoms with Crippen molar-refractivity contribution >= 4 is 60.0 Å². The Bertz CT molecular complexity index is 2900. The predicted octanol–water partition coefficient (Wildman–Crippen LogP) is 8.39. The van der Waals surface area contributed by atoms with Crippen LogP contribution in [0.4, 0.5) is 4.39 Å². The minimum absolute atomic E-state index is 0.0217. The van der Waals surface area contributed by atoms with Crippen molar-refractivity contribution in [1.82, 2.24) is 24.7 Å². The molecular weight excluding hydrogens is 728 g/mol. The van der Waals surface area contributed by atoms with Crippen molar-refractivity contribution < 1.29 is 18.7 Å². The molecule has 0 spiro atoms. The molecule has 5 atom stereocenters. The van der Waals surface area contributed by atoms with Crippen molar-refractivity contribution in [2.24, 2.45) is 5.92 Å². The third-order valence-electron chi connectivity index (χ3n) is 13.7. The van der Waals surface area contributed by atoms with Crippen molar-refractivity contribution in [1.29, 1.82) is 5.26 Å². The largest absolute Gasteiger partial charge is 0.472 e. The van der Waals surface area contributed by atoms with E-state index in [1.54, 1.807) is 0 Å². The second-order valence-electron chi connectivity index (χ2n) is 17.1. The van der Waals surface area contributed by atoms with Gasteiger partial charge in [0, 0.05) is 47.2 Å². The number of ether oxygens (including phenoxy) is 2. The summed E-state index contributed by atoms with van der Waals surface area (Å²) in [6.07, 6.45) is 3.08. The van der Waals surface area contributed by atoms with Gasteiger partial charge in [0.2, 0.25) is 11.8 Å². The molecule has 0 radical (unpaired) electrons. The van der Waals surface area contributed by atoms with Crippen molar-refractivity contribution in [3.8, 4) is 23.1 Å². The van der Waals surface area contributed by atoms with Crippen molar-refractivity contribution in [2.45, 2.75) is 63.9 Å². The number of benzene rings is 5. The summed E-state index contributed by atoms with van der Waals surface area (Å²) < 4.78 is 32.5. The Morgan fingerprint density at radius 2 is 1.83 bits per heavy atom. The standard InChI is InChI=1S/C48H45FN6O3/c1-26-14-38-45(44(49)43(26)30-10-9-28-15-34-19-37-29(6-4-7-31(37)22-50)16-33(34)18-32(28)17-30)52-48(58-27(2)41-8-5-11-53(41)3)39-21-36(24-54-12-13-57-25-42(54)56)55(47(38)39)46-35-20-40(46)51-23-35/h4,6-7,9-10,14-19,21,27,35,40-41,46,51H,5,8,11-13,20,23-25H2,1-3H3/t27-,35+,40+,41-,46-/m0/s1. The minimum atomic E-state index is -0.366. The number of nitrogens with zero attached hydrogens (tertiary/aromatic N) is 5. The molecule has 6 heterocycles. The lowest BCUT2D eigenvalue weighted by atomic mass is 9.79. The topological polar surface area (TPSA) is 95.7 Å². The first-order valence-electron chi connectivity index (χ1n) is 20.7. The summed E-state index contributed by atoms with van der Waals surface area (Å²) in [5.41, 5.74) is 5.02. The number of fused-ring (bicyclic) bond motifs is 7. The fourth-order valence-corrected chi connectivity index (χ4v) is 10.7. The van der Waals surface area contributed by atoms with Crippen LogP contribution >= 0.6 is 0 Å². The second-order valence-corrected chi connectivity index (χ2v) is 17.1. The highest BCUT2D eigenvalue weighted by Crippen LogP contribution is 2.49. The van der Waals surface area contributed by atoms with Crippen molar-refractivity contribution in [3.05, 3.63) is 95.4 Å². The molecule has 1 aliphatic carbocycles. The maximum Gasteiger partial charge on any atom is 0.248 e. The molecule has 0 unspecified atom stereocenters. The molecule has 2 aromatic heterocycles. The number of halogens is 1. The van der Waals surface area contributed by atoms with E-state index in [1.165, 1.54) is 0 Å². The van der Waals surface area contributed by atoms with Gasteiger partial charge in [-0.3, -0.25) is 9.69 Å². The molecule has 58 heavy (non-hydrogen) atoms. The van der Waals surface area contributed by atoms with Crippen LogP contribution in [-0.2, 0) is 16.1 Å². The van der Waals surface area contributed by atoms with Crippen LogP contribution in [0.2, 0.25) is 0 Å². The van der Waals surface area contributed by atoms with E-state index in [0.29, 0.717) is 54.2 Å². The molecule has 1 amide bonds. The molecule has 1 saturated carbocycles. The van der Waals surface area contributed by atoms with Gasteiger partial charge in [0.15, 0.2) is 5.82 Å². The molecule has 9 nitrogen and oxygen atoms in total. The monoisotopic (exact) mass is 772 g/mol. The minimum Gasteiger partial charge on any atom is -0.472 e. The number of aryl methyl sites for hydroxylation is 1. The summed E-state index contributed by atoms with van der Waals surface area (Å²) in [7, 11) is 2.14. The van der Waals surface area contributed by atoms with Crippen LogP contribution in [0.5, 0.6) is 5.88 Å². The molecule has 1 N–H and O–H groups in total. The number of morpholine rings is 1. The van der Waals surface area contributed by atoms with Crippen LogP contribution in [0.1, 0.15) is 49.0 Å². The fourth-order valence-electron chi connectivity index (χ4n) is 10.7. The van der Waals surface area contributed by atoms with E-state index >= 15 is 4.39 Å². The normalized spacial score (nSPS) is 22.7. The van der Waals surface area contributed by atoms with Crippen LogP contribution < -0.4 is 10.1 Å². The molecule has 5 aromatic carbocycles. The van der Waals surface area contributed by atoms with Gasteiger partial charge in [-0.25, -0.2) is 9.37 Å². The Hall–Kier alpha value is -5.60. The fraction of sp³-hybridized carbons (Fsp3) is 0.354. The average Bonchev–Trinajstić information content (AvgIpc) is 4.03. The smallest absolute Gasteiger partial charge is 0.248 e. The Morgan fingerprint density at radius 1 is 1.00 bits per heavy atom.